The molecule has 0 spiro atoms. The van der Waals surface area contributed by atoms with E-state index in [9.17, 15) is 4.39 Å². The van der Waals surface area contributed by atoms with Gasteiger partial charge in [-0.15, -0.1) is 0 Å². The van der Waals surface area contributed by atoms with Crippen molar-refractivity contribution in [3.63, 3.8) is 0 Å². The highest BCUT2D eigenvalue weighted by molar-refractivity contribution is 9.10. The van der Waals surface area contributed by atoms with Gasteiger partial charge in [0.1, 0.15) is 17.3 Å². The van der Waals surface area contributed by atoms with Gasteiger partial charge in [0.2, 0.25) is 0 Å². The summed E-state index contributed by atoms with van der Waals surface area (Å²) in [7, 11) is 1.53. The van der Waals surface area contributed by atoms with Crippen molar-refractivity contribution in [1.29, 1.82) is 0 Å². The first-order valence-electron chi connectivity index (χ1n) is 4.58. The number of aromatic nitrogens is 1. The number of benzene rings is 1. The Morgan fingerprint density at radius 2 is 2.19 bits per heavy atom. The van der Waals surface area contributed by atoms with E-state index >= 15 is 0 Å². The fourth-order valence-corrected chi connectivity index (χ4v) is 1.97. The van der Waals surface area contributed by atoms with E-state index in [4.69, 9.17) is 9.15 Å². The third-order valence-electron chi connectivity index (χ3n) is 2.11. The van der Waals surface area contributed by atoms with Crippen molar-refractivity contribution < 1.29 is 13.5 Å². The molecule has 1 aromatic carbocycles. The number of hydrogen-bond donors (Lipinski definition) is 0. The summed E-state index contributed by atoms with van der Waals surface area (Å²) in [6, 6.07) is 4.26. The van der Waals surface area contributed by atoms with Crippen LogP contribution in [0.4, 0.5) is 4.39 Å². The Morgan fingerprint density at radius 3 is 2.75 bits per heavy atom. The molecule has 0 radical (unpaired) electrons. The molecule has 0 atom stereocenters. The number of aryl methyl sites for hydroxylation is 1. The van der Waals surface area contributed by atoms with E-state index in [0.717, 1.165) is 0 Å². The average Bonchev–Trinajstić information content (AvgIpc) is 2.57. The maximum absolute atomic E-state index is 13.2. The lowest BCUT2D eigenvalue weighted by Crippen LogP contribution is -1.90. The van der Waals surface area contributed by atoms with Crippen molar-refractivity contribution in [1.82, 2.24) is 4.98 Å². The van der Waals surface area contributed by atoms with Gasteiger partial charge in [0, 0.05) is 12.5 Å². The summed E-state index contributed by atoms with van der Waals surface area (Å²) >= 11 is 3.23. The first kappa shape index (κ1) is 11.1. The Bertz CT molecular complexity index is 525. The number of halogens is 2. The Morgan fingerprint density at radius 1 is 1.44 bits per heavy atom. The minimum absolute atomic E-state index is 0.344. The fraction of sp³-hybridized carbons (Fsp3) is 0.182. The number of hydrogen-bond acceptors (Lipinski definition) is 3. The lowest BCUT2D eigenvalue weighted by Gasteiger charge is -2.05. The van der Waals surface area contributed by atoms with E-state index in [1.165, 1.54) is 19.2 Å². The molecule has 0 bridgehead atoms. The van der Waals surface area contributed by atoms with Gasteiger partial charge in [-0.1, -0.05) is 0 Å². The second-order valence-electron chi connectivity index (χ2n) is 3.20. The van der Waals surface area contributed by atoms with Crippen LogP contribution in [0, 0.1) is 12.7 Å². The molecule has 1 aromatic heterocycles. The van der Waals surface area contributed by atoms with Gasteiger partial charge in [0.25, 0.3) is 0 Å². The van der Waals surface area contributed by atoms with Gasteiger partial charge in [0.15, 0.2) is 10.6 Å². The van der Waals surface area contributed by atoms with Gasteiger partial charge in [-0.05, 0) is 34.1 Å². The van der Waals surface area contributed by atoms with Crippen molar-refractivity contribution in [3.8, 4) is 17.0 Å². The summed E-state index contributed by atoms with van der Waals surface area (Å²) < 4.78 is 24.0. The van der Waals surface area contributed by atoms with Crippen molar-refractivity contribution in [2.24, 2.45) is 0 Å². The predicted octanol–water partition coefficient (Wildman–Crippen LogP) is 3.56. The van der Waals surface area contributed by atoms with E-state index in [1.54, 1.807) is 13.0 Å². The highest BCUT2D eigenvalue weighted by atomic mass is 79.9. The third-order valence-corrected chi connectivity index (χ3v) is 2.65. The fourth-order valence-electron chi connectivity index (χ4n) is 1.43. The molecular weight excluding hydrogens is 277 g/mol. The van der Waals surface area contributed by atoms with Crippen LogP contribution in [-0.4, -0.2) is 12.1 Å². The number of methoxy groups -OCH3 is 1. The highest BCUT2D eigenvalue weighted by Crippen LogP contribution is 2.35. The van der Waals surface area contributed by atoms with E-state index in [-0.39, 0.29) is 5.82 Å². The smallest absolute Gasteiger partial charge is 0.197 e. The van der Waals surface area contributed by atoms with Crippen LogP contribution in [0.1, 0.15) is 5.89 Å². The highest BCUT2D eigenvalue weighted by Gasteiger charge is 2.15. The van der Waals surface area contributed by atoms with Crippen LogP contribution in [0.3, 0.4) is 0 Å². The molecule has 0 aliphatic carbocycles. The second kappa shape index (κ2) is 4.25. The molecule has 0 saturated heterocycles. The van der Waals surface area contributed by atoms with Crippen LogP contribution < -0.4 is 4.74 Å². The van der Waals surface area contributed by atoms with Gasteiger partial charge in [-0.2, -0.15) is 0 Å². The van der Waals surface area contributed by atoms with Crippen molar-refractivity contribution in [2.75, 3.05) is 7.11 Å². The molecule has 3 nitrogen and oxygen atoms in total. The molecule has 0 fully saturated rings. The largest absolute Gasteiger partial charge is 0.496 e. The maximum atomic E-state index is 13.2. The van der Waals surface area contributed by atoms with Crippen molar-refractivity contribution in [2.45, 2.75) is 6.92 Å². The van der Waals surface area contributed by atoms with Crippen LogP contribution >= 0.6 is 15.9 Å². The molecule has 0 saturated carbocycles. The standard InChI is InChI=1S/C11H9BrFNO2/c1-6-14-10(11(12)16-6)8-5-7(13)3-4-9(8)15-2/h3-5H,1-2H3. The molecule has 0 aliphatic heterocycles. The minimum atomic E-state index is -0.344. The van der Waals surface area contributed by atoms with Crippen molar-refractivity contribution in [3.05, 3.63) is 34.6 Å². The second-order valence-corrected chi connectivity index (χ2v) is 3.92. The normalized spacial score (nSPS) is 10.5. The van der Waals surface area contributed by atoms with Gasteiger partial charge in [0.05, 0.1) is 7.11 Å². The van der Waals surface area contributed by atoms with Crippen LogP contribution in [0.5, 0.6) is 5.75 Å². The molecule has 2 aromatic rings. The zero-order valence-electron chi connectivity index (χ0n) is 8.75. The van der Waals surface area contributed by atoms with Crippen LogP contribution in [0.15, 0.2) is 27.3 Å². The van der Waals surface area contributed by atoms with Crippen LogP contribution in [0.25, 0.3) is 11.3 Å². The average molecular weight is 286 g/mol. The van der Waals surface area contributed by atoms with Gasteiger partial charge < -0.3 is 9.15 Å². The van der Waals surface area contributed by atoms with Crippen molar-refractivity contribution >= 4 is 15.9 Å². The molecule has 2 rings (SSSR count). The Kier molecular flexibility index (Phi) is 2.96. The Labute approximate surface area is 100 Å². The predicted molar refractivity (Wildman–Crippen MR) is 60.9 cm³/mol. The van der Waals surface area contributed by atoms with E-state index in [1.807, 2.05) is 0 Å². The summed E-state index contributed by atoms with van der Waals surface area (Å²) in [5, 5.41) is 0. The number of rotatable bonds is 2. The summed E-state index contributed by atoms with van der Waals surface area (Å²) in [5.41, 5.74) is 1.10. The summed E-state index contributed by atoms with van der Waals surface area (Å²) in [6.07, 6.45) is 0. The van der Waals surface area contributed by atoms with Crippen LogP contribution in [-0.2, 0) is 0 Å². The molecule has 5 heteroatoms. The molecule has 0 amide bonds. The molecule has 0 aliphatic rings. The van der Waals surface area contributed by atoms with Crippen LogP contribution in [0.2, 0.25) is 0 Å². The van der Waals surface area contributed by atoms with E-state index in [2.05, 4.69) is 20.9 Å². The number of oxazole rings is 1. The first-order valence-corrected chi connectivity index (χ1v) is 5.38. The Balaban J connectivity index is 2.62. The zero-order chi connectivity index (χ0) is 11.7. The lowest BCUT2D eigenvalue weighted by atomic mass is 10.1. The van der Waals surface area contributed by atoms with Gasteiger partial charge in [-0.3, -0.25) is 0 Å². The molecule has 0 N–H and O–H groups in total. The summed E-state index contributed by atoms with van der Waals surface area (Å²) in [6.45, 7) is 1.72. The molecule has 16 heavy (non-hydrogen) atoms. The quantitative estimate of drug-likeness (QED) is 0.846. The van der Waals surface area contributed by atoms with Gasteiger partial charge in [-0.25, -0.2) is 9.37 Å². The number of nitrogens with zero attached hydrogens (tertiary/aromatic N) is 1. The van der Waals surface area contributed by atoms with Gasteiger partial charge >= 0.3 is 0 Å². The first-order chi connectivity index (χ1) is 7.61. The number of ether oxygens (including phenoxy) is 1. The summed E-state index contributed by atoms with van der Waals surface area (Å²) in [4.78, 5) is 4.17. The lowest BCUT2D eigenvalue weighted by molar-refractivity contribution is 0.415. The van der Waals surface area contributed by atoms with E-state index < -0.39 is 0 Å². The molecule has 1 heterocycles. The molecular formula is C11H9BrFNO2. The van der Waals surface area contributed by atoms with E-state index in [0.29, 0.717) is 27.6 Å². The topological polar surface area (TPSA) is 35.3 Å². The maximum Gasteiger partial charge on any atom is 0.197 e. The minimum Gasteiger partial charge on any atom is -0.496 e. The summed E-state index contributed by atoms with van der Waals surface area (Å²) in [5.74, 6) is 0.715. The monoisotopic (exact) mass is 285 g/mol. The molecule has 0 unspecified atom stereocenters. The zero-order valence-corrected chi connectivity index (χ0v) is 10.3. The molecule has 84 valence electrons. The SMILES string of the molecule is COc1ccc(F)cc1-c1nc(C)oc1Br. The third kappa shape index (κ3) is 1.95. The Hall–Kier alpha value is -1.36.